The molecule has 0 radical (unpaired) electrons. The highest BCUT2D eigenvalue weighted by atomic mass is 16.5. The number of carbonyl (C=O) groups excluding carboxylic acids is 2. The van der Waals surface area contributed by atoms with Crippen LogP contribution in [0.1, 0.15) is 27.9 Å². The van der Waals surface area contributed by atoms with Gasteiger partial charge < -0.3 is 14.0 Å². The molecule has 82 valence electrons. The van der Waals surface area contributed by atoms with E-state index in [0.29, 0.717) is 6.54 Å². The summed E-state index contributed by atoms with van der Waals surface area (Å²) >= 11 is 0. The molecule has 6 nitrogen and oxygen atoms in total. The lowest BCUT2D eigenvalue weighted by Gasteiger charge is -2.04. The van der Waals surface area contributed by atoms with Gasteiger partial charge in [-0.05, 0) is 6.92 Å². The summed E-state index contributed by atoms with van der Waals surface area (Å²) in [6.07, 6.45) is 1.40. The van der Waals surface area contributed by atoms with Crippen LogP contribution in [-0.2, 0) is 16.0 Å². The molecule has 0 aliphatic carbocycles. The molecular formula is C9H12N2O4. The predicted molar refractivity (Wildman–Crippen MR) is 50.6 cm³/mol. The maximum Gasteiger partial charge on any atom is 0.359 e. The lowest BCUT2D eigenvalue weighted by molar-refractivity contribution is 0.0544. The molecule has 0 unspecified atom stereocenters. The van der Waals surface area contributed by atoms with Crippen molar-refractivity contribution in [3.63, 3.8) is 0 Å². The van der Waals surface area contributed by atoms with E-state index < -0.39 is 11.9 Å². The third kappa shape index (κ3) is 1.98. The molecule has 0 aliphatic rings. The molecule has 0 atom stereocenters. The van der Waals surface area contributed by atoms with E-state index in [0.717, 1.165) is 0 Å². The Morgan fingerprint density at radius 1 is 1.33 bits per heavy atom. The largest absolute Gasteiger partial charge is 0.464 e. The number of esters is 2. The standard InChI is InChI=1S/C9H12N2O4/c1-4-11-5-10-6(8(12)14-2)7(11)9(13)15-3/h5H,4H2,1-3H3. The first-order valence-electron chi connectivity index (χ1n) is 4.37. The molecular weight excluding hydrogens is 200 g/mol. The van der Waals surface area contributed by atoms with Crippen molar-refractivity contribution in [1.82, 2.24) is 9.55 Å². The highest BCUT2D eigenvalue weighted by Gasteiger charge is 2.24. The van der Waals surface area contributed by atoms with E-state index in [1.165, 1.54) is 25.1 Å². The normalized spacial score (nSPS) is 9.80. The molecule has 1 heterocycles. The molecule has 0 spiro atoms. The van der Waals surface area contributed by atoms with E-state index >= 15 is 0 Å². The Labute approximate surface area is 86.8 Å². The minimum atomic E-state index is -0.650. The Bertz CT molecular complexity index is 383. The SMILES string of the molecule is CCn1cnc(C(=O)OC)c1C(=O)OC. The molecule has 1 rings (SSSR count). The number of hydrogen-bond donors (Lipinski definition) is 0. The van der Waals surface area contributed by atoms with Crippen LogP contribution in [0, 0.1) is 0 Å². The van der Waals surface area contributed by atoms with Crippen LogP contribution in [0.3, 0.4) is 0 Å². The van der Waals surface area contributed by atoms with Gasteiger partial charge in [-0.1, -0.05) is 0 Å². The number of aryl methyl sites for hydroxylation is 1. The van der Waals surface area contributed by atoms with Crippen LogP contribution in [0.2, 0.25) is 0 Å². The van der Waals surface area contributed by atoms with Gasteiger partial charge >= 0.3 is 11.9 Å². The van der Waals surface area contributed by atoms with E-state index in [9.17, 15) is 9.59 Å². The molecule has 1 aromatic rings. The Hall–Kier alpha value is -1.85. The lowest BCUT2D eigenvalue weighted by Crippen LogP contribution is -2.15. The number of nitrogens with zero attached hydrogens (tertiary/aromatic N) is 2. The van der Waals surface area contributed by atoms with Crippen molar-refractivity contribution in [3.8, 4) is 0 Å². The van der Waals surface area contributed by atoms with Gasteiger partial charge in [0, 0.05) is 6.54 Å². The second-order valence-electron chi connectivity index (χ2n) is 2.71. The second-order valence-corrected chi connectivity index (χ2v) is 2.71. The third-order valence-corrected chi connectivity index (χ3v) is 1.94. The number of methoxy groups -OCH3 is 2. The second kappa shape index (κ2) is 4.59. The minimum absolute atomic E-state index is 0.0220. The molecule has 0 bridgehead atoms. The minimum Gasteiger partial charge on any atom is -0.464 e. The number of carbonyl (C=O) groups is 2. The first-order valence-corrected chi connectivity index (χ1v) is 4.37. The zero-order valence-electron chi connectivity index (χ0n) is 8.81. The van der Waals surface area contributed by atoms with Crippen LogP contribution >= 0.6 is 0 Å². The van der Waals surface area contributed by atoms with Crippen LogP contribution in [0.15, 0.2) is 6.33 Å². The van der Waals surface area contributed by atoms with Crippen LogP contribution in [-0.4, -0.2) is 35.7 Å². The Kier molecular flexibility index (Phi) is 3.43. The Balaban J connectivity index is 3.23. The number of aromatic nitrogens is 2. The van der Waals surface area contributed by atoms with Crippen molar-refractivity contribution < 1.29 is 19.1 Å². The molecule has 0 aliphatic heterocycles. The van der Waals surface area contributed by atoms with Crippen molar-refractivity contribution in [2.24, 2.45) is 0 Å². The van der Waals surface area contributed by atoms with Gasteiger partial charge in [0.2, 0.25) is 0 Å². The summed E-state index contributed by atoms with van der Waals surface area (Å²) in [4.78, 5) is 26.5. The van der Waals surface area contributed by atoms with Crippen LogP contribution in [0.5, 0.6) is 0 Å². The molecule has 6 heteroatoms. The number of hydrogen-bond acceptors (Lipinski definition) is 5. The highest BCUT2D eigenvalue weighted by Crippen LogP contribution is 2.10. The quantitative estimate of drug-likeness (QED) is 0.681. The average Bonchev–Trinajstić information content (AvgIpc) is 2.70. The fourth-order valence-electron chi connectivity index (χ4n) is 1.18. The van der Waals surface area contributed by atoms with E-state index in [1.807, 2.05) is 6.92 Å². The van der Waals surface area contributed by atoms with Crippen molar-refractivity contribution >= 4 is 11.9 Å². The molecule has 0 fully saturated rings. The first kappa shape index (κ1) is 11.2. The number of imidazole rings is 1. The van der Waals surface area contributed by atoms with Gasteiger partial charge in [-0.2, -0.15) is 0 Å². The van der Waals surface area contributed by atoms with Gasteiger partial charge in [-0.25, -0.2) is 14.6 Å². The van der Waals surface area contributed by atoms with Gasteiger partial charge in [-0.15, -0.1) is 0 Å². The Morgan fingerprint density at radius 3 is 2.40 bits per heavy atom. The van der Waals surface area contributed by atoms with Crippen LogP contribution in [0.4, 0.5) is 0 Å². The van der Waals surface area contributed by atoms with Crippen molar-refractivity contribution in [1.29, 1.82) is 0 Å². The van der Waals surface area contributed by atoms with E-state index in [2.05, 4.69) is 14.5 Å². The zero-order valence-corrected chi connectivity index (χ0v) is 8.81. The molecule has 0 saturated carbocycles. The number of ether oxygens (including phenoxy) is 2. The summed E-state index contributed by atoms with van der Waals surface area (Å²) in [5.74, 6) is -1.25. The summed E-state index contributed by atoms with van der Waals surface area (Å²) in [5, 5.41) is 0. The summed E-state index contributed by atoms with van der Waals surface area (Å²) < 4.78 is 10.6. The maximum atomic E-state index is 11.4. The molecule has 1 aromatic heterocycles. The van der Waals surface area contributed by atoms with Gasteiger partial charge in [0.25, 0.3) is 0 Å². The van der Waals surface area contributed by atoms with Gasteiger partial charge in [-0.3, -0.25) is 0 Å². The summed E-state index contributed by atoms with van der Waals surface area (Å²) in [7, 11) is 2.48. The summed E-state index contributed by atoms with van der Waals surface area (Å²) in [6.45, 7) is 2.35. The smallest absolute Gasteiger partial charge is 0.359 e. The molecule has 0 saturated heterocycles. The zero-order chi connectivity index (χ0) is 11.4. The fourth-order valence-corrected chi connectivity index (χ4v) is 1.18. The lowest BCUT2D eigenvalue weighted by atomic mass is 10.3. The van der Waals surface area contributed by atoms with Gasteiger partial charge in [0.15, 0.2) is 11.4 Å². The Morgan fingerprint density at radius 2 is 1.93 bits per heavy atom. The third-order valence-electron chi connectivity index (χ3n) is 1.94. The fraction of sp³-hybridized carbons (Fsp3) is 0.444. The molecule has 15 heavy (non-hydrogen) atoms. The van der Waals surface area contributed by atoms with Crippen LogP contribution in [0.25, 0.3) is 0 Å². The molecule has 0 amide bonds. The average molecular weight is 212 g/mol. The molecule has 0 aromatic carbocycles. The van der Waals surface area contributed by atoms with E-state index in [1.54, 1.807) is 0 Å². The van der Waals surface area contributed by atoms with Crippen molar-refractivity contribution in [3.05, 3.63) is 17.7 Å². The van der Waals surface area contributed by atoms with Gasteiger partial charge in [0.1, 0.15) is 0 Å². The van der Waals surface area contributed by atoms with Gasteiger partial charge in [0.05, 0.1) is 20.5 Å². The number of rotatable bonds is 3. The first-order chi connectivity index (χ1) is 7.15. The highest BCUT2D eigenvalue weighted by molar-refractivity contribution is 6.00. The van der Waals surface area contributed by atoms with E-state index in [4.69, 9.17) is 0 Å². The van der Waals surface area contributed by atoms with Crippen molar-refractivity contribution in [2.45, 2.75) is 13.5 Å². The topological polar surface area (TPSA) is 70.4 Å². The summed E-state index contributed by atoms with van der Waals surface area (Å²) in [5.41, 5.74) is 0.0954. The monoisotopic (exact) mass is 212 g/mol. The van der Waals surface area contributed by atoms with Crippen molar-refractivity contribution in [2.75, 3.05) is 14.2 Å². The predicted octanol–water partition coefficient (Wildman–Crippen LogP) is 0.476. The molecule has 0 N–H and O–H groups in total. The van der Waals surface area contributed by atoms with E-state index in [-0.39, 0.29) is 11.4 Å². The maximum absolute atomic E-state index is 11.4. The summed E-state index contributed by atoms with van der Waals surface area (Å²) in [6, 6.07) is 0. The van der Waals surface area contributed by atoms with Crippen LogP contribution < -0.4 is 0 Å².